The first-order valence-electron chi connectivity index (χ1n) is 18.5. The van der Waals surface area contributed by atoms with Gasteiger partial charge in [-0.3, -0.25) is 0 Å². The van der Waals surface area contributed by atoms with Crippen LogP contribution in [0.15, 0.2) is 122 Å². The second kappa shape index (κ2) is 43.6. The Balaban J connectivity index is -0.000000136. The lowest BCUT2D eigenvalue weighted by Gasteiger charge is -2.17. The summed E-state index contributed by atoms with van der Waals surface area (Å²) < 4.78 is 0. The molecular formula is C48H82. The Kier molecular flexibility index (Phi) is 51.7. The molecule has 274 valence electrons. The van der Waals surface area contributed by atoms with Crippen LogP contribution in [0.25, 0.3) is 5.57 Å². The Labute approximate surface area is 304 Å². The standard InChI is InChI=1S/C21H24.C10H14.C4H10.C3H8.3C2H6.2C2H4/c1-5-6-10-17(4)19-13-9-12-18-11-7-8-14-20(18)21(15-19)16(2)3;1-4-10-6-5-8(2)9(3)7-10;1-4(2)3;1-3-2;5*1-2/h5-8,10-11,13-15H,2,9,12H2,1,3-4H3;5-7H,4H2,1-3H3;4H,1-3H3;3H2,1-2H3;3*1-2H3;2*1-2H2/b6-5-,17-10+,19-13-,21-15-;;;;;;;;. The molecule has 0 saturated heterocycles. The zero-order valence-corrected chi connectivity index (χ0v) is 35.4. The molecule has 1 aliphatic carbocycles. The third-order valence-electron chi connectivity index (χ3n) is 5.82. The van der Waals surface area contributed by atoms with Gasteiger partial charge in [-0.25, -0.2) is 0 Å². The van der Waals surface area contributed by atoms with Crippen LogP contribution in [-0.4, -0.2) is 0 Å². The quantitative estimate of drug-likeness (QED) is 0.226. The van der Waals surface area contributed by atoms with E-state index in [1.807, 2.05) is 48.5 Å². The predicted octanol–water partition coefficient (Wildman–Crippen LogP) is 16.7. The Bertz CT molecular complexity index is 1110. The zero-order chi connectivity index (χ0) is 39.1. The number of allylic oxidation sites excluding steroid dienone is 9. The molecule has 0 N–H and O–H groups in total. The maximum absolute atomic E-state index is 4.18. The van der Waals surface area contributed by atoms with Crippen LogP contribution in [0.1, 0.15) is 145 Å². The fraction of sp³-hybridized carbons (Fsp3) is 0.458. The zero-order valence-electron chi connectivity index (χ0n) is 35.4. The maximum atomic E-state index is 4.18. The lowest BCUT2D eigenvalue weighted by molar-refractivity contribution is 0.737. The highest BCUT2D eigenvalue weighted by Gasteiger charge is 2.11. The van der Waals surface area contributed by atoms with Gasteiger partial charge < -0.3 is 0 Å². The van der Waals surface area contributed by atoms with Crippen LogP contribution in [0.4, 0.5) is 0 Å². The number of hydrogen-bond acceptors (Lipinski definition) is 0. The highest BCUT2D eigenvalue weighted by Crippen LogP contribution is 2.31. The summed E-state index contributed by atoms with van der Waals surface area (Å²) in [6.45, 7) is 51.7. The van der Waals surface area contributed by atoms with Crippen LogP contribution in [0.3, 0.4) is 0 Å². The van der Waals surface area contributed by atoms with E-state index >= 15 is 0 Å². The van der Waals surface area contributed by atoms with Gasteiger partial charge in [-0.05, 0) is 110 Å². The van der Waals surface area contributed by atoms with E-state index in [1.54, 1.807) is 0 Å². The van der Waals surface area contributed by atoms with Crippen molar-refractivity contribution in [1.82, 2.24) is 0 Å². The van der Waals surface area contributed by atoms with Crippen molar-refractivity contribution in [2.75, 3.05) is 0 Å². The molecule has 2 aromatic carbocycles. The van der Waals surface area contributed by atoms with E-state index in [2.05, 4.69) is 175 Å². The number of aryl methyl sites for hydroxylation is 4. The van der Waals surface area contributed by atoms with Crippen molar-refractivity contribution in [3.8, 4) is 0 Å². The molecule has 0 bridgehead atoms. The molecule has 0 aliphatic heterocycles. The molecule has 0 heterocycles. The molecular weight excluding hydrogens is 577 g/mol. The Hall–Kier alpha value is -3.38. The van der Waals surface area contributed by atoms with Crippen molar-refractivity contribution in [1.29, 1.82) is 0 Å². The van der Waals surface area contributed by atoms with Gasteiger partial charge in [-0.2, -0.15) is 0 Å². The molecule has 0 amide bonds. The van der Waals surface area contributed by atoms with Gasteiger partial charge in [-0.15, -0.1) is 26.3 Å². The smallest absolute Gasteiger partial charge is 0.0149 e. The topological polar surface area (TPSA) is 0 Å². The normalized spacial score (nSPS) is 12.8. The van der Waals surface area contributed by atoms with E-state index in [9.17, 15) is 0 Å². The number of benzene rings is 2. The van der Waals surface area contributed by atoms with Crippen LogP contribution in [0.5, 0.6) is 0 Å². The van der Waals surface area contributed by atoms with Gasteiger partial charge in [0.05, 0.1) is 0 Å². The first-order chi connectivity index (χ1) is 23.0. The minimum absolute atomic E-state index is 0.833. The van der Waals surface area contributed by atoms with Gasteiger partial charge in [0.1, 0.15) is 0 Å². The van der Waals surface area contributed by atoms with Gasteiger partial charge in [0.25, 0.3) is 0 Å². The SMILES string of the molecule is C=C.C=C.C=C(C)/C1=C/C(C(/C)=C/C=C\C)=C/CCc2ccccc21.CC.CC.CC.CC(C)C.CCC.CCc1ccc(C)c(C)c1. The van der Waals surface area contributed by atoms with Crippen molar-refractivity contribution in [3.05, 3.63) is 150 Å². The first kappa shape index (κ1) is 56.9. The monoisotopic (exact) mass is 659 g/mol. The van der Waals surface area contributed by atoms with Gasteiger partial charge in [0, 0.05) is 0 Å². The van der Waals surface area contributed by atoms with E-state index < -0.39 is 0 Å². The Morgan fingerprint density at radius 3 is 1.69 bits per heavy atom. The van der Waals surface area contributed by atoms with Crippen molar-refractivity contribution in [2.45, 2.75) is 143 Å². The molecule has 0 spiro atoms. The largest absolute Gasteiger partial charge is 0.106 e. The fourth-order valence-electron chi connectivity index (χ4n) is 3.66. The van der Waals surface area contributed by atoms with Crippen molar-refractivity contribution in [3.63, 3.8) is 0 Å². The van der Waals surface area contributed by atoms with E-state index in [0.29, 0.717) is 0 Å². The van der Waals surface area contributed by atoms with Crippen molar-refractivity contribution >= 4 is 5.57 Å². The predicted molar refractivity (Wildman–Crippen MR) is 233 cm³/mol. The summed E-state index contributed by atoms with van der Waals surface area (Å²) in [5, 5.41) is 0. The van der Waals surface area contributed by atoms with Crippen molar-refractivity contribution in [2.24, 2.45) is 5.92 Å². The van der Waals surface area contributed by atoms with Gasteiger partial charge >= 0.3 is 0 Å². The molecule has 0 nitrogen and oxygen atoms in total. The van der Waals surface area contributed by atoms with E-state index in [-0.39, 0.29) is 0 Å². The van der Waals surface area contributed by atoms with Crippen LogP contribution < -0.4 is 0 Å². The number of rotatable bonds is 4. The minimum atomic E-state index is 0.833. The Morgan fingerprint density at radius 1 is 0.792 bits per heavy atom. The first-order valence-corrected chi connectivity index (χ1v) is 18.5. The van der Waals surface area contributed by atoms with E-state index in [4.69, 9.17) is 0 Å². The summed E-state index contributed by atoms with van der Waals surface area (Å²) in [5.41, 5.74) is 11.9. The highest BCUT2D eigenvalue weighted by molar-refractivity contribution is 5.82. The summed E-state index contributed by atoms with van der Waals surface area (Å²) >= 11 is 0. The van der Waals surface area contributed by atoms with Gasteiger partial charge in [-0.1, -0.05) is 168 Å². The highest BCUT2D eigenvalue weighted by atomic mass is 14.2. The maximum Gasteiger partial charge on any atom is -0.0149 e. The average molecular weight is 659 g/mol. The van der Waals surface area contributed by atoms with Crippen LogP contribution in [0.2, 0.25) is 0 Å². The molecule has 3 rings (SSSR count). The van der Waals surface area contributed by atoms with E-state index in [1.165, 1.54) is 51.0 Å². The third-order valence-corrected chi connectivity index (χ3v) is 5.82. The molecule has 0 atom stereocenters. The molecule has 0 heteroatoms. The molecule has 0 radical (unpaired) electrons. The summed E-state index contributed by atoms with van der Waals surface area (Å²) in [5.74, 6) is 0.833. The lowest BCUT2D eigenvalue weighted by Crippen LogP contribution is -1.99. The van der Waals surface area contributed by atoms with Crippen LogP contribution in [0, 0.1) is 19.8 Å². The lowest BCUT2D eigenvalue weighted by atomic mass is 9.88. The van der Waals surface area contributed by atoms with Gasteiger partial charge in [0.15, 0.2) is 0 Å². The third kappa shape index (κ3) is 31.2. The number of fused-ring (bicyclic) bond motifs is 1. The fourth-order valence-corrected chi connectivity index (χ4v) is 3.66. The molecule has 2 aromatic rings. The summed E-state index contributed by atoms with van der Waals surface area (Å²) in [6.07, 6.45) is 15.5. The molecule has 1 aliphatic rings. The average Bonchev–Trinajstić information content (AvgIpc) is 3.10. The molecule has 0 saturated carbocycles. The van der Waals surface area contributed by atoms with E-state index in [0.717, 1.165) is 30.8 Å². The molecule has 0 fully saturated rings. The number of hydrogen-bond donors (Lipinski definition) is 0. The Morgan fingerprint density at radius 2 is 1.27 bits per heavy atom. The molecule has 0 aromatic heterocycles. The molecule has 0 unspecified atom stereocenters. The second-order valence-corrected chi connectivity index (χ2v) is 10.8. The van der Waals surface area contributed by atoms with Crippen molar-refractivity contribution < 1.29 is 0 Å². The second-order valence-electron chi connectivity index (χ2n) is 10.8. The summed E-state index contributed by atoms with van der Waals surface area (Å²) in [4.78, 5) is 0. The summed E-state index contributed by atoms with van der Waals surface area (Å²) in [6, 6.07) is 15.3. The minimum Gasteiger partial charge on any atom is -0.106 e. The van der Waals surface area contributed by atoms with Crippen LogP contribution in [-0.2, 0) is 12.8 Å². The summed E-state index contributed by atoms with van der Waals surface area (Å²) in [7, 11) is 0. The van der Waals surface area contributed by atoms with Crippen LogP contribution >= 0.6 is 0 Å². The van der Waals surface area contributed by atoms with Gasteiger partial charge in [0.2, 0.25) is 0 Å². The molecule has 48 heavy (non-hydrogen) atoms.